The first-order valence-corrected chi connectivity index (χ1v) is 8.88. The summed E-state index contributed by atoms with van der Waals surface area (Å²) in [5, 5.41) is 2.94. The lowest BCUT2D eigenvalue weighted by atomic mass is 9.98. The molecule has 21 heavy (non-hydrogen) atoms. The van der Waals surface area contributed by atoms with E-state index in [-0.39, 0.29) is 24.4 Å². The molecule has 1 aliphatic heterocycles. The Morgan fingerprint density at radius 1 is 1.52 bits per heavy atom. The van der Waals surface area contributed by atoms with Gasteiger partial charge < -0.3 is 5.32 Å². The van der Waals surface area contributed by atoms with Gasteiger partial charge in [-0.25, -0.2) is 12.7 Å². The summed E-state index contributed by atoms with van der Waals surface area (Å²) in [6.45, 7) is 2.66. The zero-order chi connectivity index (χ0) is 15.5. The van der Waals surface area contributed by atoms with Gasteiger partial charge in [0, 0.05) is 25.5 Å². The van der Waals surface area contributed by atoms with E-state index in [1.165, 1.54) is 10.6 Å². The minimum absolute atomic E-state index is 0.0975. The Labute approximate surface area is 125 Å². The first-order chi connectivity index (χ1) is 9.88. The zero-order valence-corrected chi connectivity index (χ0v) is 13.1. The summed E-state index contributed by atoms with van der Waals surface area (Å²) in [5.41, 5.74) is 0.932. The molecule has 0 saturated carbocycles. The number of pyridine rings is 1. The van der Waals surface area contributed by atoms with E-state index in [2.05, 4.69) is 10.3 Å². The van der Waals surface area contributed by atoms with Crippen LogP contribution in [0.25, 0.3) is 0 Å². The van der Waals surface area contributed by atoms with Gasteiger partial charge in [0.2, 0.25) is 15.9 Å². The van der Waals surface area contributed by atoms with Crippen LogP contribution >= 0.6 is 0 Å². The molecule has 1 fully saturated rings. The summed E-state index contributed by atoms with van der Waals surface area (Å²) >= 11 is 0. The highest BCUT2D eigenvalue weighted by Crippen LogP contribution is 2.20. The number of aromatic nitrogens is 1. The summed E-state index contributed by atoms with van der Waals surface area (Å²) in [6.07, 6.45) is 6.02. The van der Waals surface area contributed by atoms with E-state index in [1.54, 1.807) is 12.4 Å². The molecule has 1 saturated heterocycles. The van der Waals surface area contributed by atoms with Crippen LogP contribution in [0.5, 0.6) is 0 Å². The van der Waals surface area contributed by atoms with Crippen molar-refractivity contribution in [3.63, 3.8) is 0 Å². The SMILES string of the molecule is CC(NC(=O)C1CCCN(S(C)(=O)=O)C1)c1cccnc1. The standard InChI is InChI=1S/C14H21N3O3S/c1-11(12-5-3-7-15-9-12)16-14(18)13-6-4-8-17(10-13)21(2,19)20/h3,5,7,9,11,13H,4,6,8,10H2,1-2H3,(H,16,18). The second kappa shape index (κ2) is 6.53. The highest BCUT2D eigenvalue weighted by molar-refractivity contribution is 7.88. The quantitative estimate of drug-likeness (QED) is 0.897. The van der Waals surface area contributed by atoms with Crippen LogP contribution in [0.15, 0.2) is 24.5 Å². The van der Waals surface area contributed by atoms with Crippen molar-refractivity contribution < 1.29 is 13.2 Å². The second-order valence-electron chi connectivity index (χ2n) is 5.48. The van der Waals surface area contributed by atoms with E-state index in [9.17, 15) is 13.2 Å². The van der Waals surface area contributed by atoms with Crippen molar-refractivity contribution in [2.24, 2.45) is 5.92 Å². The molecule has 2 atom stereocenters. The number of nitrogens with one attached hydrogen (secondary N) is 1. The molecule has 6 nitrogen and oxygen atoms in total. The van der Waals surface area contributed by atoms with Crippen molar-refractivity contribution in [2.75, 3.05) is 19.3 Å². The molecule has 7 heteroatoms. The van der Waals surface area contributed by atoms with Gasteiger partial charge in [0.05, 0.1) is 18.2 Å². The zero-order valence-electron chi connectivity index (χ0n) is 12.3. The molecule has 2 rings (SSSR count). The first kappa shape index (κ1) is 15.9. The van der Waals surface area contributed by atoms with Gasteiger partial charge in [0.15, 0.2) is 0 Å². The Morgan fingerprint density at radius 2 is 2.29 bits per heavy atom. The van der Waals surface area contributed by atoms with Crippen molar-refractivity contribution in [3.05, 3.63) is 30.1 Å². The van der Waals surface area contributed by atoms with Gasteiger partial charge in [0.1, 0.15) is 0 Å². The smallest absolute Gasteiger partial charge is 0.224 e. The average molecular weight is 311 g/mol. The van der Waals surface area contributed by atoms with Gasteiger partial charge in [-0.1, -0.05) is 6.07 Å². The molecule has 116 valence electrons. The predicted octanol–water partition coefficient (Wildman–Crippen LogP) is 0.930. The highest BCUT2D eigenvalue weighted by atomic mass is 32.2. The van der Waals surface area contributed by atoms with Gasteiger partial charge in [0.25, 0.3) is 0 Å². The third-order valence-electron chi connectivity index (χ3n) is 3.77. The lowest BCUT2D eigenvalue weighted by Gasteiger charge is -2.30. The van der Waals surface area contributed by atoms with Crippen LogP contribution in [0.3, 0.4) is 0 Å². The van der Waals surface area contributed by atoms with E-state index in [1.807, 2.05) is 19.1 Å². The Bertz CT molecular complexity index is 589. The Kier molecular flexibility index (Phi) is 4.95. The Balaban J connectivity index is 1.97. The Hall–Kier alpha value is -1.47. The van der Waals surface area contributed by atoms with Crippen LogP contribution in [0, 0.1) is 5.92 Å². The fraction of sp³-hybridized carbons (Fsp3) is 0.571. The van der Waals surface area contributed by atoms with Crippen molar-refractivity contribution in [2.45, 2.75) is 25.8 Å². The number of hydrogen-bond donors (Lipinski definition) is 1. The van der Waals surface area contributed by atoms with E-state index in [0.717, 1.165) is 12.0 Å². The van der Waals surface area contributed by atoms with Gasteiger partial charge in [-0.2, -0.15) is 0 Å². The van der Waals surface area contributed by atoms with Crippen molar-refractivity contribution in [3.8, 4) is 0 Å². The molecule has 0 aromatic carbocycles. The number of amides is 1. The predicted molar refractivity (Wildman–Crippen MR) is 79.9 cm³/mol. The molecule has 1 aromatic rings. The van der Waals surface area contributed by atoms with Crippen molar-refractivity contribution in [1.82, 2.24) is 14.6 Å². The molecule has 0 aliphatic carbocycles. The summed E-state index contributed by atoms with van der Waals surface area (Å²) in [4.78, 5) is 16.3. The largest absolute Gasteiger partial charge is 0.349 e. The number of nitrogens with zero attached hydrogens (tertiary/aromatic N) is 2. The van der Waals surface area contributed by atoms with Crippen LogP contribution in [0.4, 0.5) is 0 Å². The number of carbonyl (C=O) groups is 1. The summed E-state index contributed by atoms with van der Waals surface area (Å²) in [5.74, 6) is -0.382. The molecular weight excluding hydrogens is 290 g/mol. The number of sulfonamides is 1. The van der Waals surface area contributed by atoms with Crippen LogP contribution in [0.2, 0.25) is 0 Å². The highest BCUT2D eigenvalue weighted by Gasteiger charge is 2.30. The lowest BCUT2D eigenvalue weighted by Crippen LogP contribution is -2.45. The first-order valence-electron chi connectivity index (χ1n) is 7.03. The summed E-state index contributed by atoms with van der Waals surface area (Å²) in [7, 11) is -3.23. The van der Waals surface area contributed by atoms with E-state index >= 15 is 0 Å². The maximum absolute atomic E-state index is 12.3. The van der Waals surface area contributed by atoms with Crippen LogP contribution in [-0.2, 0) is 14.8 Å². The van der Waals surface area contributed by atoms with Crippen molar-refractivity contribution in [1.29, 1.82) is 0 Å². The van der Waals surface area contributed by atoms with Gasteiger partial charge in [-0.3, -0.25) is 9.78 Å². The summed E-state index contributed by atoms with van der Waals surface area (Å²) in [6, 6.07) is 3.59. The fourth-order valence-electron chi connectivity index (χ4n) is 2.50. The maximum atomic E-state index is 12.3. The minimum Gasteiger partial charge on any atom is -0.349 e. The number of rotatable bonds is 4. The van der Waals surface area contributed by atoms with E-state index in [4.69, 9.17) is 0 Å². The van der Waals surface area contributed by atoms with Crippen LogP contribution in [0.1, 0.15) is 31.4 Å². The van der Waals surface area contributed by atoms with Crippen LogP contribution in [-0.4, -0.2) is 43.0 Å². The second-order valence-corrected chi connectivity index (χ2v) is 7.46. The number of carbonyl (C=O) groups excluding carboxylic acids is 1. The molecule has 0 radical (unpaired) electrons. The molecule has 1 N–H and O–H groups in total. The molecule has 2 unspecified atom stereocenters. The number of hydrogen-bond acceptors (Lipinski definition) is 4. The normalized spacial score (nSPS) is 21.7. The fourth-order valence-corrected chi connectivity index (χ4v) is 3.42. The van der Waals surface area contributed by atoms with Gasteiger partial charge in [-0.15, -0.1) is 0 Å². The third kappa shape index (κ3) is 4.25. The molecule has 2 heterocycles. The maximum Gasteiger partial charge on any atom is 0.224 e. The molecule has 1 amide bonds. The third-order valence-corrected chi connectivity index (χ3v) is 5.04. The Morgan fingerprint density at radius 3 is 2.90 bits per heavy atom. The average Bonchev–Trinajstić information content (AvgIpc) is 2.47. The topological polar surface area (TPSA) is 79.4 Å². The monoisotopic (exact) mass is 311 g/mol. The van der Waals surface area contributed by atoms with Gasteiger partial charge in [-0.05, 0) is 31.4 Å². The molecule has 0 bridgehead atoms. The molecule has 1 aliphatic rings. The van der Waals surface area contributed by atoms with Crippen molar-refractivity contribution >= 4 is 15.9 Å². The molecule has 1 aromatic heterocycles. The minimum atomic E-state index is -3.23. The molecule has 0 spiro atoms. The van der Waals surface area contributed by atoms with E-state index < -0.39 is 10.0 Å². The summed E-state index contributed by atoms with van der Waals surface area (Å²) < 4.78 is 24.6. The van der Waals surface area contributed by atoms with E-state index in [0.29, 0.717) is 13.0 Å². The van der Waals surface area contributed by atoms with Crippen LogP contribution < -0.4 is 5.32 Å². The van der Waals surface area contributed by atoms with Gasteiger partial charge >= 0.3 is 0 Å². The molecular formula is C14H21N3O3S. The number of piperidine rings is 1. The lowest BCUT2D eigenvalue weighted by molar-refractivity contribution is -0.126.